The number of para-hydroxylation sites is 1. The molecule has 5 nitrogen and oxygen atoms in total. The summed E-state index contributed by atoms with van der Waals surface area (Å²) in [6.45, 7) is 0. The molecule has 0 aliphatic heterocycles. The molecule has 124 valence electrons. The Bertz CT molecular complexity index is 1030. The lowest BCUT2D eigenvalue weighted by atomic mass is 10.1. The van der Waals surface area contributed by atoms with Crippen molar-refractivity contribution in [2.45, 2.75) is 0 Å². The molecule has 2 aromatic carbocycles. The van der Waals surface area contributed by atoms with Crippen molar-refractivity contribution in [3.63, 3.8) is 0 Å². The Labute approximate surface area is 143 Å². The van der Waals surface area contributed by atoms with Gasteiger partial charge in [0, 0.05) is 5.39 Å². The highest BCUT2D eigenvalue weighted by Crippen LogP contribution is 2.14. The van der Waals surface area contributed by atoms with Gasteiger partial charge in [0.1, 0.15) is 11.1 Å². The van der Waals surface area contributed by atoms with Crippen LogP contribution in [0.5, 0.6) is 0 Å². The number of esters is 1. The maximum atomic E-state index is 12.3. The Morgan fingerprint density at radius 1 is 1.04 bits per heavy atom. The fraction of sp³-hybridized carbons (Fsp3) is 0.0500. The summed E-state index contributed by atoms with van der Waals surface area (Å²) in [6, 6.07) is 15.1. The van der Waals surface area contributed by atoms with E-state index in [2.05, 4.69) is 4.74 Å². The molecule has 1 aromatic heterocycles. The first-order chi connectivity index (χ1) is 12.1. The minimum Gasteiger partial charge on any atom is -0.465 e. The molecule has 0 atom stereocenters. The molecule has 3 aromatic rings. The van der Waals surface area contributed by atoms with E-state index in [0.717, 1.165) is 0 Å². The largest absolute Gasteiger partial charge is 0.465 e. The van der Waals surface area contributed by atoms with Crippen LogP contribution >= 0.6 is 0 Å². The molecular weight excluding hydrogens is 320 g/mol. The molecule has 0 unspecified atom stereocenters. The van der Waals surface area contributed by atoms with Crippen LogP contribution in [0.3, 0.4) is 0 Å². The third-order valence-corrected chi connectivity index (χ3v) is 3.67. The van der Waals surface area contributed by atoms with Crippen molar-refractivity contribution in [1.29, 1.82) is 0 Å². The third kappa shape index (κ3) is 3.55. The molecule has 0 N–H and O–H groups in total. The Morgan fingerprint density at radius 3 is 2.48 bits per heavy atom. The summed E-state index contributed by atoms with van der Waals surface area (Å²) in [6.07, 6.45) is 2.87. The second-order valence-electron chi connectivity index (χ2n) is 5.30. The van der Waals surface area contributed by atoms with E-state index >= 15 is 0 Å². The molecule has 0 spiro atoms. The van der Waals surface area contributed by atoms with Crippen molar-refractivity contribution < 1.29 is 18.7 Å². The molecule has 3 rings (SSSR count). The number of benzene rings is 2. The highest BCUT2D eigenvalue weighted by Gasteiger charge is 2.11. The van der Waals surface area contributed by atoms with Gasteiger partial charge in [-0.3, -0.25) is 4.79 Å². The smallest absolute Gasteiger partial charge is 0.347 e. The molecule has 0 bridgehead atoms. The van der Waals surface area contributed by atoms with Crippen LogP contribution in [-0.2, 0) is 4.74 Å². The fourth-order valence-corrected chi connectivity index (χ4v) is 2.34. The maximum absolute atomic E-state index is 12.3. The van der Waals surface area contributed by atoms with E-state index < -0.39 is 17.4 Å². The van der Waals surface area contributed by atoms with Gasteiger partial charge in [0.05, 0.1) is 12.7 Å². The van der Waals surface area contributed by atoms with Crippen molar-refractivity contribution >= 4 is 28.8 Å². The Morgan fingerprint density at radius 2 is 1.76 bits per heavy atom. The molecule has 25 heavy (non-hydrogen) atoms. The van der Waals surface area contributed by atoms with Gasteiger partial charge in [-0.05, 0) is 35.9 Å². The molecule has 0 amide bonds. The topological polar surface area (TPSA) is 73.6 Å². The minimum atomic E-state index is -0.672. The second-order valence-corrected chi connectivity index (χ2v) is 5.30. The van der Waals surface area contributed by atoms with Crippen molar-refractivity contribution in [3.05, 3.63) is 87.8 Å². The predicted octanol–water partition coefficient (Wildman–Crippen LogP) is 3.48. The Hall–Kier alpha value is -3.47. The van der Waals surface area contributed by atoms with Gasteiger partial charge in [-0.25, -0.2) is 9.59 Å². The average Bonchev–Trinajstić information content (AvgIpc) is 2.65. The fourth-order valence-electron chi connectivity index (χ4n) is 2.34. The van der Waals surface area contributed by atoms with Gasteiger partial charge in [0.25, 0.3) is 0 Å². The number of carbonyl (C=O) groups excluding carboxylic acids is 2. The molecule has 5 heteroatoms. The van der Waals surface area contributed by atoms with E-state index in [9.17, 15) is 14.4 Å². The van der Waals surface area contributed by atoms with Gasteiger partial charge >= 0.3 is 11.6 Å². The number of allylic oxidation sites excluding steroid dienone is 1. The van der Waals surface area contributed by atoms with Crippen molar-refractivity contribution in [3.8, 4) is 0 Å². The van der Waals surface area contributed by atoms with Crippen LogP contribution in [0.4, 0.5) is 0 Å². The number of hydrogen-bond acceptors (Lipinski definition) is 5. The SMILES string of the molecule is COC(=O)c1ccc(/C=C/C(=O)c2cc3ccccc3oc2=O)cc1. The van der Waals surface area contributed by atoms with Crippen molar-refractivity contribution in [2.75, 3.05) is 7.11 Å². The maximum Gasteiger partial charge on any atom is 0.347 e. The number of methoxy groups -OCH3 is 1. The zero-order valence-corrected chi connectivity index (χ0v) is 13.4. The molecule has 0 radical (unpaired) electrons. The van der Waals surface area contributed by atoms with Gasteiger partial charge < -0.3 is 9.15 Å². The van der Waals surface area contributed by atoms with E-state index in [0.29, 0.717) is 22.1 Å². The first kappa shape index (κ1) is 16.4. The van der Waals surface area contributed by atoms with Crippen LogP contribution in [0.2, 0.25) is 0 Å². The Balaban J connectivity index is 1.84. The summed E-state index contributed by atoms with van der Waals surface area (Å²) < 4.78 is 9.78. The standard InChI is InChI=1S/C20H14O5/c1-24-19(22)14-9-6-13(7-10-14)8-11-17(21)16-12-15-4-2-3-5-18(15)25-20(16)23/h2-12H,1H3/b11-8+. The highest BCUT2D eigenvalue weighted by molar-refractivity contribution is 6.07. The van der Waals surface area contributed by atoms with E-state index in [4.69, 9.17) is 4.42 Å². The zero-order valence-electron chi connectivity index (χ0n) is 13.4. The number of ketones is 1. The van der Waals surface area contributed by atoms with E-state index in [-0.39, 0.29) is 5.56 Å². The molecule has 0 fully saturated rings. The summed E-state index contributed by atoms with van der Waals surface area (Å²) in [4.78, 5) is 35.6. The van der Waals surface area contributed by atoms with Crippen molar-refractivity contribution in [1.82, 2.24) is 0 Å². The quantitative estimate of drug-likeness (QED) is 0.316. The number of fused-ring (bicyclic) bond motifs is 1. The number of carbonyl (C=O) groups is 2. The van der Waals surface area contributed by atoms with Crippen LogP contribution in [0.25, 0.3) is 17.0 Å². The Kier molecular flexibility index (Phi) is 4.57. The summed E-state index contributed by atoms with van der Waals surface area (Å²) in [5, 5.41) is 0.682. The lowest BCUT2D eigenvalue weighted by molar-refractivity contribution is 0.0600. The molecule has 0 saturated heterocycles. The first-order valence-electron chi connectivity index (χ1n) is 7.52. The first-order valence-corrected chi connectivity index (χ1v) is 7.52. The zero-order chi connectivity index (χ0) is 17.8. The van der Waals surface area contributed by atoms with Gasteiger partial charge in [0.15, 0.2) is 5.78 Å². The van der Waals surface area contributed by atoms with Gasteiger partial charge in [-0.1, -0.05) is 36.4 Å². The molecule has 1 heterocycles. The predicted molar refractivity (Wildman–Crippen MR) is 93.6 cm³/mol. The third-order valence-electron chi connectivity index (χ3n) is 3.67. The van der Waals surface area contributed by atoms with E-state index in [1.54, 1.807) is 54.6 Å². The highest BCUT2D eigenvalue weighted by atomic mass is 16.5. The summed E-state index contributed by atoms with van der Waals surface area (Å²) in [5.41, 5.74) is 0.870. The molecule has 0 saturated carbocycles. The van der Waals surface area contributed by atoms with Gasteiger partial charge in [-0.15, -0.1) is 0 Å². The summed E-state index contributed by atoms with van der Waals surface area (Å²) in [5.74, 6) is -0.878. The lowest BCUT2D eigenvalue weighted by Gasteiger charge is -2.00. The van der Waals surface area contributed by atoms with E-state index in [1.807, 2.05) is 0 Å². The van der Waals surface area contributed by atoms with Gasteiger partial charge in [-0.2, -0.15) is 0 Å². The van der Waals surface area contributed by atoms with Crippen LogP contribution in [0.15, 0.2) is 69.9 Å². The monoisotopic (exact) mass is 334 g/mol. The number of hydrogen-bond donors (Lipinski definition) is 0. The summed E-state index contributed by atoms with van der Waals surface area (Å²) in [7, 11) is 1.31. The van der Waals surface area contributed by atoms with Crippen LogP contribution in [0.1, 0.15) is 26.3 Å². The van der Waals surface area contributed by atoms with Crippen LogP contribution < -0.4 is 5.63 Å². The normalized spacial score (nSPS) is 10.9. The average molecular weight is 334 g/mol. The van der Waals surface area contributed by atoms with Gasteiger partial charge in [0.2, 0.25) is 0 Å². The van der Waals surface area contributed by atoms with E-state index in [1.165, 1.54) is 19.3 Å². The summed E-state index contributed by atoms with van der Waals surface area (Å²) >= 11 is 0. The van der Waals surface area contributed by atoms with Crippen molar-refractivity contribution in [2.24, 2.45) is 0 Å². The molecule has 0 aliphatic rings. The molecule has 0 aliphatic carbocycles. The minimum absolute atomic E-state index is 0.0267. The lowest BCUT2D eigenvalue weighted by Crippen LogP contribution is -2.11. The second kappa shape index (κ2) is 6.97. The number of rotatable bonds is 4. The number of ether oxygens (including phenoxy) is 1. The molecular formula is C20H14O5. The van der Waals surface area contributed by atoms with Crippen LogP contribution in [-0.4, -0.2) is 18.9 Å². The van der Waals surface area contributed by atoms with Crippen LogP contribution in [0, 0.1) is 0 Å².